The fourth-order valence-electron chi connectivity index (χ4n) is 1.51. The third kappa shape index (κ3) is 1.94. The summed E-state index contributed by atoms with van der Waals surface area (Å²) < 4.78 is 0. The molecule has 0 spiro atoms. The molecule has 1 aliphatic heterocycles. The number of urea groups is 1. The number of amides is 3. The number of phenols is 1. The molecule has 0 unspecified atom stereocenters. The van der Waals surface area contributed by atoms with Gasteiger partial charge in [0.1, 0.15) is 5.75 Å². The minimum absolute atomic E-state index is 0.0299. The highest BCUT2D eigenvalue weighted by molar-refractivity contribution is 6.34. The van der Waals surface area contributed by atoms with E-state index in [1.54, 1.807) is 0 Å². The smallest absolute Gasteiger partial charge is 0.328 e. The lowest BCUT2D eigenvalue weighted by Crippen LogP contribution is -2.49. The Morgan fingerprint density at radius 2 is 2.12 bits per heavy atom. The van der Waals surface area contributed by atoms with Crippen molar-refractivity contribution in [1.29, 1.82) is 0 Å². The summed E-state index contributed by atoms with van der Waals surface area (Å²) in [5.74, 6) is -0.265. The Bertz CT molecular complexity index is 461. The van der Waals surface area contributed by atoms with Gasteiger partial charge in [-0.2, -0.15) is 0 Å². The minimum atomic E-state index is -0.496. The minimum Gasteiger partial charge on any atom is -0.508 e. The van der Waals surface area contributed by atoms with Crippen LogP contribution in [-0.2, 0) is 4.79 Å². The Labute approximate surface area is 96.6 Å². The van der Waals surface area contributed by atoms with Crippen LogP contribution in [0.3, 0.4) is 0 Å². The van der Waals surface area contributed by atoms with Gasteiger partial charge in [0.05, 0.1) is 10.7 Å². The van der Waals surface area contributed by atoms with E-state index < -0.39 is 6.03 Å². The Hall–Kier alpha value is -1.75. The quantitative estimate of drug-likeness (QED) is 0.781. The molecule has 0 aromatic heterocycles. The Kier molecular flexibility index (Phi) is 2.70. The summed E-state index contributed by atoms with van der Waals surface area (Å²) in [6.45, 7) is 0.287. The second kappa shape index (κ2) is 4.02. The fourth-order valence-corrected chi connectivity index (χ4v) is 1.79. The third-order valence-corrected chi connectivity index (χ3v) is 2.58. The number of carbonyl (C=O) groups is 2. The molecule has 1 saturated heterocycles. The molecule has 1 aliphatic rings. The zero-order chi connectivity index (χ0) is 11.7. The van der Waals surface area contributed by atoms with Gasteiger partial charge >= 0.3 is 6.03 Å². The molecular formula is C10H9ClN2O3. The fraction of sp³-hybridized carbons (Fsp3) is 0.200. The Balaban J connectivity index is 2.30. The topological polar surface area (TPSA) is 69.6 Å². The van der Waals surface area contributed by atoms with Crippen LogP contribution in [0.25, 0.3) is 0 Å². The van der Waals surface area contributed by atoms with Gasteiger partial charge in [-0.1, -0.05) is 11.6 Å². The van der Waals surface area contributed by atoms with Crippen molar-refractivity contribution in [3.8, 4) is 5.75 Å². The van der Waals surface area contributed by atoms with Crippen LogP contribution in [0, 0.1) is 0 Å². The summed E-state index contributed by atoms with van der Waals surface area (Å²) in [4.78, 5) is 23.8. The number of imide groups is 1. The molecule has 84 valence electrons. The highest BCUT2D eigenvalue weighted by Crippen LogP contribution is 2.30. The average Bonchev–Trinajstić information content (AvgIpc) is 2.19. The van der Waals surface area contributed by atoms with Gasteiger partial charge in [-0.25, -0.2) is 4.79 Å². The van der Waals surface area contributed by atoms with Crippen LogP contribution in [0.5, 0.6) is 5.75 Å². The SMILES string of the molecule is O=C1CCN(c2ccc(O)cc2Cl)C(=O)N1. The van der Waals surface area contributed by atoms with Crippen molar-refractivity contribution in [2.45, 2.75) is 6.42 Å². The Morgan fingerprint density at radius 1 is 1.38 bits per heavy atom. The van der Waals surface area contributed by atoms with Gasteiger partial charge in [0.2, 0.25) is 5.91 Å². The lowest BCUT2D eigenvalue weighted by atomic mass is 10.2. The first-order chi connectivity index (χ1) is 7.58. The number of benzene rings is 1. The van der Waals surface area contributed by atoms with Crippen LogP contribution in [-0.4, -0.2) is 23.6 Å². The van der Waals surface area contributed by atoms with Gasteiger partial charge in [-0.05, 0) is 12.1 Å². The molecule has 1 fully saturated rings. The molecule has 1 aromatic carbocycles. The van der Waals surface area contributed by atoms with Crippen LogP contribution < -0.4 is 10.2 Å². The van der Waals surface area contributed by atoms with E-state index in [0.717, 1.165) is 0 Å². The number of hydrogen-bond acceptors (Lipinski definition) is 3. The lowest BCUT2D eigenvalue weighted by molar-refractivity contribution is -0.120. The van der Waals surface area contributed by atoms with Gasteiger partial charge in [0.15, 0.2) is 0 Å². The molecule has 3 amide bonds. The summed E-state index contributed by atoms with van der Waals surface area (Å²) in [6.07, 6.45) is 0.239. The number of anilines is 1. The zero-order valence-corrected chi connectivity index (χ0v) is 8.99. The van der Waals surface area contributed by atoms with Crippen molar-refractivity contribution in [2.75, 3.05) is 11.4 Å². The average molecular weight is 241 g/mol. The van der Waals surface area contributed by atoms with E-state index in [9.17, 15) is 14.7 Å². The van der Waals surface area contributed by atoms with Gasteiger partial charge in [-0.15, -0.1) is 0 Å². The molecule has 0 saturated carbocycles. The molecule has 1 heterocycles. The van der Waals surface area contributed by atoms with Gasteiger partial charge in [-0.3, -0.25) is 15.0 Å². The molecule has 1 aromatic rings. The maximum atomic E-state index is 11.5. The van der Waals surface area contributed by atoms with Crippen molar-refractivity contribution in [3.63, 3.8) is 0 Å². The maximum Gasteiger partial charge on any atom is 0.328 e. The van der Waals surface area contributed by atoms with Crippen LogP contribution >= 0.6 is 11.6 Å². The van der Waals surface area contributed by atoms with Crippen molar-refractivity contribution < 1.29 is 14.7 Å². The van der Waals surface area contributed by atoms with Crippen LogP contribution in [0.1, 0.15) is 6.42 Å². The zero-order valence-electron chi connectivity index (χ0n) is 8.24. The second-order valence-electron chi connectivity index (χ2n) is 3.39. The van der Waals surface area contributed by atoms with Gasteiger partial charge < -0.3 is 5.11 Å². The van der Waals surface area contributed by atoms with Crippen molar-refractivity contribution in [3.05, 3.63) is 23.2 Å². The molecule has 5 nitrogen and oxygen atoms in total. The number of nitrogens with one attached hydrogen (secondary N) is 1. The molecular weight excluding hydrogens is 232 g/mol. The number of carbonyl (C=O) groups excluding carboxylic acids is 2. The predicted octanol–water partition coefficient (Wildman–Crippen LogP) is 1.49. The van der Waals surface area contributed by atoms with Crippen molar-refractivity contribution in [2.24, 2.45) is 0 Å². The first-order valence-corrected chi connectivity index (χ1v) is 5.05. The monoisotopic (exact) mass is 240 g/mol. The molecule has 0 atom stereocenters. The van der Waals surface area contributed by atoms with Crippen molar-refractivity contribution in [1.82, 2.24) is 5.32 Å². The van der Waals surface area contributed by atoms with E-state index in [2.05, 4.69) is 5.32 Å². The maximum absolute atomic E-state index is 11.5. The summed E-state index contributed by atoms with van der Waals surface area (Å²) in [5.41, 5.74) is 0.476. The van der Waals surface area contributed by atoms with E-state index in [-0.39, 0.29) is 29.6 Å². The van der Waals surface area contributed by atoms with Crippen LogP contribution in [0.4, 0.5) is 10.5 Å². The molecule has 0 aliphatic carbocycles. The molecule has 0 bridgehead atoms. The lowest BCUT2D eigenvalue weighted by Gasteiger charge is -2.27. The van der Waals surface area contributed by atoms with E-state index in [0.29, 0.717) is 5.69 Å². The van der Waals surface area contributed by atoms with E-state index in [1.165, 1.54) is 23.1 Å². The Morgan fingerprint density at radius 3 is 2.75 bits per heavy atom. The number of nitrogens with zero attached hydrogens (tertiary/aromatic N) is 1. The first-order valence-electron chi connectivity index (χ1n) is 4.68. The number of hydrogen-bond donors (Lipinski definition) is 2. The molecule has 0 radical (unpaired) electrons. The first kappa shape index (κ1) is 10.8. The molecule has 16 heavy (non-hydrogen) atoms. The number of rotatable bonds is 1. The standard InChI is InChI=1S/C10H9ClN2O3/c11-7-5-6(14)1-2-8(7)13-4-3-9(15)12-10(13)16/h1-2,5,14H,3-4H2,(H,12,15,16). The summed E-state index contributed by atoms with van der Waals surface area (Å²) in [7, 11) is 0. The largest absolute Gasteiger partial charge is 0.508 e. The molecule has 2 N–H and O–H groups in total. The second-order valence-corrected chi connectivity index (χ2v) is 3.80. The summed E-state index contributed by atoms with van der Waals surface area (Å²) in [6, 6.07) is 3.82. The van der Waals surface area contributed by atoms with E-state index in [1.807, 2.05) is 0 Å². The summed E-state index contributed by atoms with van der Waals surface area (Å²) in [5, 5.41) is 11.7. The highest BCUT2D eigenvalue weighted by atomic mass is 35.5. The predicted molar refractivity (Wildman–Crippen MR) is 58.6 cm³/mol. The van der Waals surface area contributed by atoms with Crippen molar-refractivity contribution >= 4 is 29.2 Å². The number of phenolic OH excluding ortho intramolecular Hbond substituents is 1. The molecule has 2 rings (SSSR count). The molecule has 6 heteroatoms. The van der Waals surface area contributed by atoms with E-state index >= 15 is 0 Å². The number of aromatic hydroxyl groups is 1. The van der Waals surface area contributed by atoms with Crippen LogP contribution in [0.2, 0.25) is 5.02 Å². The normalized spacial score (nSPS) is 16.2. The summed E-state index contributed by atoms with van der Waals surface area (Å²) >= 11 is 5.90. The highest BCUT2D eigenvalue weighted by Gasteiger charge is 2.25. The van der Waals surface area contributed by atoms with Gasteiger partial charge in [0, 0.05) is 19.0 Å². The number of halogens is 1. The third-order valence-electron chi connectivity index (χ3n) is 2.28. The van der Waals surface area contributed by atoms with E-state index in [4.69, 9.17) is 11.6 Å². The van der Waals surface area contributed by atoms with Crippen LogP contribution in [0.15, 0.2) is 18.2 Å². The van der Waals surface area contributed by atoms with Gasteiger partial charge in [0.25, 0.3) is 0 Å².